The molecule has 18 heavy (non-hydrogen) atoms. The summed E-state index contributed by atoms with van der Waals surface area (Å²) in [5.41, 5.74) is 1.21. The van der Waals surface area contributed by atoms with Gasteiger partial charge in [-0.25, -0.2) is 0 Å². The van der Waals surface area contributed by atoms with Gasteiger partial charge in [0.1, 0.15) is 0 Å². The number of nitrogens with zero attached hydrogens (tertiary/aromatic N) is 2. The molecule has 0 aromatic carbocycles. The molecule has 1 atom stereocenters. The van der Waals surface area contributed by atoms with Crippen LogP contribution in [0.2, 0.25) is 0 Å². The van der Waals surface area contributed by atoms with Crippen molar-refractivity contribution in [2.75, 3.05) is 26.2 Å². The van der Waals surface area contributed by atoms with Gasteiger partial charge in [0.05, 0.1) is 0 Å². The first-order valence-electron chi connectivity index (χ1n) is 6.66. The molecule has 1 aliphatic rings. The predicted molar refractivity (Wildman–Crippen MR) is 71.2 cm³/mol. The Hall–Kier alpha value is -1.42. The zero-order valence-electron chi connectivity index (χ0n) is 10.9. The van der Waals surface area contributed by atoms with Gasteiger partial charge in [0, 0.05) is 44.5 Å². The van der Waals surface area contributed by atoms with Crippen molar-refractivity contribution in [3.8, 4) is 0 Å². The van der Waals surface area contributed by atoms with Crippen LogP contribution in [-0.4, -0.2) is 42.0 Å². The maximum atomic E-state index is 12.2. The van der Waals surface area contributed by atoms with Crippen LogP contribution in [0.15, 0.2) is 24.5 Å². The highest BCUT2D eigenvalue weighted by Crippen LogP contribution is 2.12. The molecule has 2 heterocycles. The molecule has 0 saturated carbocycles. The number of hydrogen-bond acceptors (Lipinski definition) is 3. The number of amides is 1. The molecule has 1 saturated heterocycles. The zero-order valence-corrected chi connectivity index (χ0v) is 10.9. The van der Waals surface area contributed by atoms with Gasteiger partial charge in [-0.15, -0.1) is 0 Å². The molecule has 0 spiro atoms. The highest BCUT2D eigenvalue weighted by molar-refractivity contribution is 5.78. The van der Waals surface area contributed by atoms with Crippen molar-refractivity contribution in [3.63, 3.8) is 0 Å². The Morgan fingerprint density at radius 2 is 2.28 bits per heavy atom. The minimum absolute atomic E-state index is 0.100. The van der Waals surface area contributed by atoms with Crippen molar-refractivity contribution in [2.45, 2.75) is 19.8 Å². The van der Waals surface area contributed by atoms with Crippen LogP contribution in [0.5, 0.6) is 0 Å². The second kappa shape index (κ2) is 6.50. The highest BCUT2D eigenvalue weighted by Gasteiger charge is 2.21. The van der Waals surface area contributed by atoms with Crippen LogP contribution >= 0.6 is 0 Å². The molecule has 4 nitrogen and oxygen atoms in total. The van der Waals surface area contributed by atoms with Crippen LogP contribution in [0.25, 0.3) is 0 Å². The number of rotatable bonds is 4. The zero-order chi connectivity index (χ0) is 12.8. The summed E-state index contributed by atoms with van der Waals surface area (Å²) in [4.78, 5) is 18.3. The minimum atomic E-state index is 0.100. The molecule has 2 rings (SSSR count). The maximum absolute atomic E-state index is 12.2. The van der Waals surface area contributed by atoms with Crippen molar-refractivity contribution in [1.29, 1.82) is 0 Å². The fourth-order valence-electron chi connectivity index (χ4n) is 2.25. The Kier molecular flexibility index (Phi) is 4.70. The number of nitrogens with one attached hydrogen (secondary N) is 1. The lowest BCUT2D eigenvalue weighted by Gasteiger charge is -2.29. The third kappa shape index (κ3) is 3.53. The maximum Gasteiger partial charge on any atom is 0.225 e. The molecule has 1 unspecified atom stereocenters. The second-order valence-corrected chi connectivity index (χ2v) is 4.88. The molecule has 1 N–H and O–H groups in total. The van der Waals surface area contributed by atoms with Crippen molar-refractivity contribution in [1.82, 2.24) is 15.2 Å². The Labute approximate surface area is 108 Å². The lowest BCUT2D eigenvalue weighted by Crippen LogP contribution is -2.48. The van der Waals surface area contributed by atoms with Crippen LogP contribution in [-0.2, 0) is 11.2 Å². The van der Waals surface area contributed by atoms with Crippen LogP contribution in [0.4, 0.5) is 0 Å². The first kappa shape index (κ1) is 13.0. The Bertz CT molecular complexity index is 374. The summed E-state index contributed by atoms with van der Waals surface area (Å²) >= 11 is 0. The van der Waals surface area contributed by atoms with Gasteiger partial charge in [0.25, 0.3) is 0 Å². The molecular weight excluding hydrogens is 226 g/mol. The van der Waals surface area contributed by atoms with E-state index in [-0.39, 0.29) is 5.92 Å². The Morgan fingerprint density at radius 3 is 2.94 bits per heavy atom. The third-order valence-electron chi connectivity index (χ3n) is 3.44. The molecule has 1 aromatic rings. The summed E-state index contributed by atoms with van der Waals surface area (Å²) in [5.74, 6) is 0.392. The van der Waals surface area contributed by atoms with Gasteiger partial charge in [-0.2, -0.15) is 0 Å². The van der Waals surface area contributed by atoms with Crippen molar-refractivity contribution < 1.29 is 4.79 Å². The average molecular weight is 247 g/mol. The monoisotopic (exact) mass is 247 g/mol. The summed E-state index contributed by atoms with van der Waals surface area (Å²) in [5, 5.41) is 3.26. The minimum Gasteiger partial charge on any atom is -0.340 e. The second-order valence-electron chi connectivity index (χ2n) is 4.88. The number of carbonyl (C=O) groups excluding carboxylic acids is 1. The number of carbonyl (C=O) groups is 1. The van der Waals surface area contributed by atoms with Gasteiger partial charge in [-0.3, -0.25) is 9.78 Å². The largest absolute Gasteiger partial charge is 0.340 e. The van der Waals surface area contributed by atoms with E-state index in [2.05, 4.69) is 16.4 Å². The fraction of sp³-hybridized carbons (Fsp3) is 0.571. The molecule has 0 aliphatic carbocycles. The molecular formula is C14H21N3O. The number of piperazine rings is 1. The van der Waals surface area contributed by atoms with E-state index in [0.29, 0.717) is 5.91 Å². The van der Waals surface area contributed by atoms with E-state index in [1.165, 1.54) is 5.56 Å². The summed E-state index contributed by atoms with van der Waals surface area (Å²) in [6.07, 6.45) is 5.47. The average Bonchev–Trinajstić information content (AvgIpc) is 2.46. The van der Waals surface area contributed by atoms with Crippen LogP contribution in [0, 0.1) is 5.92 Å². The Morgan fingerprint density at radius 1 is 1.50 bits per heavy atom. The van der Waals surface area contributed by atoms with E-state index < -0.39 is 0 Å². The molecule has 1 aromatic heterocycles. The van der Waals surface area contributed by atoms with E-state index >= 15 is 0 Å². The summed E-state index contributed by atoms with van der Waals surface area (Å²) in [6.45, 7) is 5.55. The van der Waals surface area contributed by atoms with E-state index in [0.717, 1.165) is 39.0 Å². The van der Waals surface area contributed by atoms with Gasteiger partial charge < -0.3 is 10.2 Å². The van der Waals surface area contributed by atoms with Crippen LogP contribution in [0.1, 0.15) is 18.9 Å². The number of aryl methyl sites for hydroxylation is 1. The summed E-state index contributed by atoms with van der Waals surface area (Å²) in [6, 6.07) is 4.01. The van der Waals surface area contributed by atoms with Gasteiger partial charge in [0.15, 0.2) is 0 Å². The topological polar surface area (TPSA) is 45.2 Å². The quantitative estimate of drug-likeness (QED) is 0.866. The highest BCUT2D eigenvalue weighted by atomic mass is 16.2. The first-order chi connectivity index (χ1) is 8.77. The van der Waals surface area contributed by atoms with Gasteiger partial charge in [-0.1, -0.05) is 13.0 Å². The molecule has 1 aliphatic heterocycles. The number of hydrogen-bond donors (Lipinski definition) is 1. The lowest BCUT2D eigenvalue weighted by molar-refractivity contribution is -0.135. The van der Waals surface area contributed by atoms with Crippen LogP contribution < -0.4 is 5.32 Å². The van der Waals surface area contributed by atoms with Crippen LogP contribution in [0.3, 0.4) is 0 Å². The van der Waals surface area contributed by atoms with E-state index in [1.54, 1.807) is 6.20 Å². The van der Waals surface area contributed by atoms with Crippen molar-refractivity contribution in [3.05, 3.63) is 30.1 Å². The summed E-state index contributed by atoms with van der Waals surface area (Å²) in [7, 11) is 0. The molecule has 4 heteroatoms. The standard InChI is InChI=1S/C14H21N3O/c1-12(4-5-13-3-2-6-16-11-13)14(18)17-9-7-15-8-10-17/h2-3,6,11-12,15H,4-5,7-10H2,1H3. The normalized spacial score (nSPS) is 17.5. The van der Waals surface area contributed by atoms with E-state index in [1.807, 2.05) is 24.1 Å². The fourth-order valence-corrected chi connectivity index (χ4v) is 2.25. The molecule has 98 valence electrons. The molecule has 1 amide bonds. The third-order valence-corrected chi connectivity index (χ3v) is 3.44. The predicted octanol–water partition coefficient (Wildman–Crippen LogP) is 1.08. The Balaban J connectivity index is 1.80. The molecule has 0 radical (unpaired) electrons. The first-order valence-corrected chi connectivity index (χ1v) is 6.66. The van der Waals surface area contributed by atoms with Gasteiger partial charge in [-0.05, 0) is 24.5 Å². The van der Waals surface area contributed by atoms with Gasteiger partial charge in [0.2, 0.25) is 5.91 Å². The number of aromatic nitrogens is 1. The lowest BCUT2D eigenvalue weighted by atomic mass is 10.0. The van der Waals surface area contributed by atoms with Crippen molar-refractivity contribution in [2.24, 2.45) is 5.92 Å². The number of pyridine rings is 1. The SMILES string of the molecule is CC(CCc1cccnc1)C(=O)N1CCNCC1. The van der Waals surface area contributed by atoms with E-state index in [9.17, 15) is 4.79 Å². The van der Waals surface area contributed by atoms with E-state index in [4.69, 9.17) is 0 Å². The smallest absolute Gasteiger partial charge is 0.225 e. The van der Waals surface area contributed by atoms with Crippen molar-refractivity contribution >= 4 is 5.91 Å². The molecule has 0 bridgehead atoms. The molecule has 1 fully saturated rings. The van der Waals surface area contributed by atoms with Gasteiger partial charge >= 0.3 is 0 Å². The summed E-state index contributed by atoms with van der Waals surface area (Å²) < 4.78 is 0.